The third-order valence-electron chi connectivity index (χ3n) is 4.12. The molecule has 112 valence electrons. The summed E-state index contributed by atoms with van der Waals surface area (Å²) in [6, 6.07) is 2.56. The van der Waals surface area contributed by atoms with E-state index in [4.69, 9.17) is 0 Å². The standard InChI is InChI=1S/C16H26BrN3/c1-4-5-12-6-8-13(9-7-12)18-15-10-14(17)19-16(20-15)11(2)3/h10-13H,4-9H2,1-3H3,(H,18,19,20). The van der Waals surface area contributed by atoms with Gasteiger partial charge in [0.05, 0.1) is 0 Å². The van der Waals surface area contributed by atoms with Gasteiger partial charge in [-0.05, 0) is 47.5 Å². The van der Waals surface area contributed by atoms with E-state index in [-0.39, 0.29) is 0 Å². The van der Waals surface area contributed by atoms with Gasteiger partial charge in [0.1, 0.15) is 16.2 Å². The van der Waals surface area contributed by atoms with Crippen molar-refractivity contribution < 1.29 is 0 Å². The van der Waals surface area contributed by atoms with Crippen molar-refractivity contribution in [2.45, 2.75) is 71.3 Å². The molecule has 0 spiro atoms. The first-order chi connectivity index (χ1) is 9.58. The molecule has 1 fully saturated rings. The maximum absolute atomic E-state index is 4.63. The summed E-state index contributed by atoms with van der Waals surface area (Å²) < 4.78 is 0.873. The van der Waals surface area contributed by atoms with Gasteiger partial charge in [-0.2, -0.15) is 0 Å². The minimum absolute atomic E-state index is 0.355. The minimum Gasteiger partial charge on any atom is -0.367 e. The van der Waals surface area contributed by atoms with Crippen LogP contribution in [0.4, 0.5) is 5.82 Å². The van der Waals surface area contributed by atoms with Crippen molar-refractivity contribution in [1.29, 1.82) is 0 Å². The van der Waals surface area contributed by atoms with Crippen LogP contribution in [-0.4, -0.2) is 16.0 Å². The van der Waals surface area contributed by atoms with E-state index < -0.39 is 0 Å². The predicted octanol–water partition coefficient (Wildman–Crippen LogP) is 5.13. The van der Waals surface area contributed by atoms with Crippen LogP contribution in [0.15, 0.2) is 10.7 Å². The van der Waals surface area contributed by atoms with Crippen molar-refractivity contribution in [1.82, 2.24) is 9.97 Å². The van der Waals surface area contributed by atoms with Gasteiger partial charge in [-0.25, -0.2) is 9.97 Å². The van der Waals surface area contributed by atoms with Crippen LogP contribution < -0.4 is 5.32 Å². The first-order valence-corrected chi connectivity index (χ1v) is 8.68. The summed E-state index contributed by atoms with van der Waals surface area (Å²) in [5, 5.41) is 3.60. The molecule has 0 aromatic carbocycles. The molecule has 0 atom stereocenters. The van der Waals surface area contributed by atoms with Crippen LogP contribution in [0, 0.1) is 5.92 Å². The Kier molecular flexibility index (Phi) is 5.82. The number of hydrogen-bond acceptors (Lipinski definition) is 3. The molecule has 2 rings (SSSR count). The Labute approximate surface area is 131 Å². The Morgan fingerprint density at radius 2 is 1.95 bits per heavy atom. The predicted molar refractivity (Wildman–Crippen MR) is 88.1 cm³/mol. The highest BCUT2D eigenvalue weighted by atomic mass is 79.9. The van der Waals surface area contributed by atoms with Crippen LogP contribution in [0.3, 0.4) is 0 Å². The van der Waals surface area contributed by atoms with Gasteiger partial charge in [-0.15, -0.1) is 0 Å². The molecule has 1 aromatic rings. The summed E-state index contributed by atoms with van der Waals surface area (Å²) in [4.78, 5) is 9.06. The first kappa shape index (κ1) is 15.7. The molecule has 1 aromatic heterocycles. The van der Waals surface area contributed by atoms with E-state index in [9.17, 15) is 0 Å². The first-order valence-electron chi connectivity index (χ1n) is 7.89. The molecule has 20 heavy (non-hydrogen) atoms. The monoisotopic (exact) mass is 339 g/mol. The molecule has 0 unspecified atom stereocenters. The number of anilines is 1. The van der Waals surface area contributed by atoms with E-state index in [0.29, 0.717) is 12.0 Å². The number of halogens is 1. The van der Waals surface area contributed by atoms with E-state index in [2.05, 4.69) is 52.0 Å². The van der Waals surface area contributed by atoms with Crippen molar-refractivity contribution in [3.8, 4) is 0 Å². The summed E-state index contributed by atoms with van der Waals surface area (Å²) in [6.07, 6.45) is 7.96. The Bertz CT molecular complexity index is 426. The molecule has 0 radical (unpaired) electrons. The smallest absolute Gasteiger partial charge is 0.134 e. The molecule has 4 heteroatoms. The number of nitrogens with zero attached hydrogens (tertiary/aromatic N) is 2. The summed E-state index contributed by atoms with van der Waals surface area (Å²) in [6.45, 7) is 6.54. The van der Waals surface area contributed by atoms with Crippen molar-refractivity contribution >= 4 is 21.7 Å². The molecule has 1 aliphatic carbocycles. The zero-order valence-corrected chi connectivity index (χ0v) is 14.4. The van der Waals surface area contributed by atoms with Gasteiger partial charge in [-0.1, -0.05) is 33.6 Å². The molecule has 1 saturated carbocycles. The molecule has 1 N–H and O–H groups in total. The third kappa shape index (κ3) is 4.44. The second-order valence-corrected chi connectivity index (χ2v) is 7.05. The quantitative estimate of drug-likeness (QED) is 0.755. The van der Waals surface area contributed by atoms with E-state index in [0.717, 1.165) is 22.2 Å². The van der Waals surface area contributed by atoms with Crippen molar-refractivity contribution in [2.75, 3.05) is 5.32 Å². The second-order valence-electron chi connectivity index (χ2n) is 6.24. The lowest BCUT2D eigenvalue weighted by Crippen LogP contribution is -2.26. The molecule has 0 aliphatic heterocycles. The molecule has 0 bridgehead atoms. The second kappa shape index (κ2) is 7.39. The Balaban J connectivity index is 1.94. The van der Waals surface area contributed by atoms with Gasteiger partial charge in [0, 0.05) is 18.0 Å². The van der Waals surface area contributed by atoms with Crippen LogP contribution in [0.5, 0.6) is 0 Å². The summed E-state index contributed by atoms with van der Waals surface area (Å²) in [5.41, 5.74) is 0. The molecule has 1 heterocycles. The lowest BCUT2D eigenvalue weighted by atomic mass is 9.83. The maximum atomic E-state index is 4.63. The highest BCUT2D eigenvalue weighted by Crippen LogP contribution is 2.29. The summed E-state index contributed by atoms with van der Waals surface area (Å²) in [5.74, 6) is 3.17. The SMILES string of the molecule is CCCC1CCC(Nc2cc(Br)nc(C(C)C)n2)CC1. The van der Waals surface area contributed by atoms with Gasteiger partial charge in [0.25, 0.3) is 0 Å². The van der Waals surface area contributed by atoms with Gasteiger partial charge < -0.3 is 5.32 Å². The van der Waals surface area contributed by atoms with Crippen LogP contribution in [0.1, 0.15) is 71.0 Å². The Morgan fingerprint density at radius 3 is 2.55 bits per heavy atom. The highest BCUT2D eigenvalue weighted by molar-refractivity contribution is 9.10. The van der Waals surface area contributed by atoms with Crippen molar-refractivity contribution in [3.05, 3.63) is 16.5 Å². The molecule has 1 aliphatic rings. The fourth-order valence-corrected chi connectivity index (χ4v) is 3.38. The molecular formula is C16H26BrN3. The lowest BCUT2D eigenvalue weighted by molar-refractivity contribution is 0.318. The molecule has 0 saturated heterocycles. The zero-order chi connectivity index (χ0) is 14.5. The average Bonchev–Trinajstić information content (AvgIpc) is 2.40. The summed E-state index contributed by atoms with van der Waals surface area (Å²) in [7, 11) is 0. The topological polar surface area (TPSA) is 37.8 Å². The molecule has 0 amide bonds. The van der Waals surface area contributed by atoms with Crippen molar-refractivity contribution in [3.63, 3.8) is 0 Å². The van der Waals surface area contributed by atoms with Gasteiger partial charge in [0.2, 0.25) is 0 Å². The largest absolute Gasteiger partial charge is 0.367 e. The van der Waals surface area contributed by atoms with E-state index in [1.165, 1.54) is 38.5 Å². The number of rotatable bonds is 5. The van der Waals surface area contributed by atoms with Crippen molar-refractivity contribution in [2.24, 2.45) is 5.92 Å². The van der Waals surface area contributed by atoms with Gasteiger partial charge >= 0.3 is 0 Å². The zero-order valence-electron chi connectivity index (χ0n) is 12.8. The number of hydrogen-bond donors (Lipinski definition) is 1. The lowest BCUT2D eigenvalue weighted by Gasteiger charge is -2.29. The maximum Gasteiger partial charge on any atom is 0.134 e. The molecule has 3 nitrogen and oxygen atoms in total. The van der Waals surface area contributed by atoms with Crippen LogP contribution in [0.2, 0.25) is 0 Å². The summed E-state index contributed by atoms with van der Waals surface area (Å²) >= 11 is 3.49. The fourth-order valence-electron chi connectivity index (χ4n) is 2.98. The van der Waals surface area contributed by atoms with Crippen LogP contribution >= 0.6 is 15.9 Å². The van der Waals surface area contributed by atoms with Crippen LogP contribution in [0.25, 0.3) is 0 Å². The highest BCUT2D eigenvalue weighted by Gasteiger charge is 2.21. The van der Waals surface area contributed by atoms with E-state index in [1.807, 2.05) is 6.07 Å². The fraction of sp³-hybridized carbons (Fsp3) is 0.750. The number of aromatic nitrogens is 2. The van der Waals surface area contributed by atoms with E-state index >= 15 is 0 Å². The normalized spacial score (nSPS) is 23.1. The average molecular weight is 340 g/mol. The van der Waals surface area contributed by atoms with Crippen LogP contribution in [-0.2, 0) is 0 Å². The molecular weight excluding hydrogens is 314 g/mol. The van der Waals surface area contributed by atoms with Gasteiger partial charge in [0.15, 0.2) is 0 Å². The van der Waals surface area contributed by atoms with E-state index in [1.54, 1.807) is 0 Å². The van der Waals surface area contributed by atoms with Gasteiger partial charge in [-0.3, -0.25) is 0 Å². The Hall–Kier alpha value is -0.640. The third-order valence-corrected chi connectivity index (χ3v) is 4.53. The number of nitrogens with one attached hydrogen (secondary N) is 1. The minimum atomic E-state index is 0.355. The Morgan fingerprint density at radius 1 is 1.25 bits per heavy atom.